The summed E-state index contributed by atoms with van der Waals surface area (Å²) in [6.45, 7) is 9.92. The average Bonchev–Trinajstić information content (AvgIpc) is 3.30. The highest BCUT2D eigenvalue weighted by atomic mass is 16.6. The summed E-state index contributed by atoms with van der Waals surface area (Å²) in [7, 11) is 1.43. The second-order valence-corrected chi connectivity index (χ2v) is 18.1. The normalized spacial score (nSPS) is 16.7. The molecule has 0 spiro atoms. The van der Waals surface area contributed by atoms with E-state index in [-0.39, 0.29) is 98.8 Å². The highest BCUT2D eigenvalue weighted by Crippen LogP contribution is 2.41. The van der Waals surface area contributed by atoms with Gasteiger partial charge in [-0.2, -0.15) is 5.26 Å². The molecular formula is C51H62N8O9. The van der Waals surface area contributed by atoms with Crippen molar-refractivity contribution in [2.45, 2.75) is 90.6 Å². The first-order valence-electron chi connectivity index (χ1n) is 22.8. The Balaban J connectivity index is 1.59. The second kappa shape index (κ2) is 23.2. The average molecular weight is 931 g/mol. The predicted octanol–water partition coefficient (Wildman–Crippen LogP) is 5.85. The molecule has 0 fully saturated rings. The number of carbonyl (C=O) groups is 5. The Bertz CT molecular complexity index is 2570. The predicted molar refractivity (Wildman–Crippen MR) is 257 cm³/mol. The van der Waals surface area contributed by atoms with Crippen LogP contribution in [0.2, 0.25) is 0 Å². The van der Waals surface area contributed by atoms with Crippen LogP contribution in [0.15, 0.2) is 66.7 Å². The molecule has 0 saturated carbocycles. The number of aryl methyl sites for hydroxylation is 1. The maximum atomic E-state index is 14.8. The van der Waals surface area contributed by atoms with Gasteiger partial charge in [0.15, 0.2) is 17.3 Å². The Morgan fingerprint density at radius 3 is 2.16 bits per heavy atom. The maximum Gasteiger partial charge on any atom is 0.296 e. The maximum absolute atomic E-state index is 14.8. The molecule has 2 amide bonds. The molecule has 4 aromatic rings. The lowest BCUT2D eigenvalue weighted by molar-refractivity contribution is -0.384. The second-order valence-electron chi connectivity index (χ2n) is 18.1. The topological polar surface area (TPSA) is 277 Å². The van der Waals surface area contributed by atoms with Crippen LogP contribution in [-0.4, -0.2) is 89.9 Å². The Kier molecular flexibility index (Phi) is 17.8. The Morgan fingerprint density at radius 2 is 1.57 bits per heavy atom. The van der Waals surface area contributed by atoms with E-state index in [0.717, 1.165) is 5.56 Å². The van der Waals surface area contributed by atoms with Gasteiger partial charge in [-0.15, -0.1) is 0 Å². The zero-order chi connectivity index (χ0) is 49.9. The molecule has 1 aliphatic rings. The van der Waals surface area contributed by atoms with Crippen molar-refractivity contribution in [2.24, 2.45) is 29.0 Å². The molecule has 1 aliphatic heterocycles. The van der Waals surface area contributed by atoms with E-state index in [2.05, 4.69) is 31.1 Å². The third-order valence-electron chi connectivity index (χ3n) is 12.0. The van der Waals surface area contributed by atoms with Crippen LogP contribution in [0.4, 0.5) is 5.69 Å². The highest BCUT2D eigenvalue weighted by molar-refractivity contribution is 6.01. The number of nitro groups is 1. The van der Waals surface area contributed by atoms with E-state index < -0.39 is 58.6 Å². The largest absolute Gasteiger partial charge is 0.492 e. The van der Waals surface area contributed by atoms with E-state index in [0.29, 0.717) is 39.3 Å². The molecule has 3 aromatic carbocycles. The number of nitrogens with two attached hydrogens (primary N) is 3. The number of aromatic nitrogens is 1. The fourth-order valence-electron chi connectivity index (χ4n) is 8.33. The van der Waals surface area contributed by atoms with Crippen LogP contribution in [0.1, 0.15) is 98.6 Å². The molecule has 7 N–H and O–H groups in total. The minimum atomic E-state index is -1.32. The third kappa shape index (κ3) is 12.6. The number of ether oxygens (including phenoxy) is 2. The summed E-state index contributed by atoms with van der Waals surface area (Å²) in [5, 5.41) is 24.5. The molecule has 5 rings (SSSR count). The number of likely N-dealkylation sites (N-methyl/N-ethyl adjacent to an activating group) is 1. The number of nitrogens with zero attached hydrogens (tertiary/aromatic N) is 4. The van der Waals surface area contributed by atoms with Gasteiger partial charge in [0.05, 0.1) is 17.0 Å². The van der Waals surface area contributed by atoms with Crippen LogP contribution >= 0.6 is 0 Å². The van der Waals surface area contributed by atoms with Crippen LogP contribution in [0, 0.1) is 40.2 Å². The number of fused-ring (bicyclic) bond motifs is 5. The Hall–Kier alpha value is -6.87. The number of nitrogens with one attached hydrogen (secondary N) is 1. The molecule has 17 heteroatoms. The smallest absolute Gasteiger partial charge is 0.296 e. The van der Waals surface area contributed by atoms with Gasteiger partial charge in [0.25, 0.3) is 5.69 Å². The molecule has 68 heavy (non-hydrogen) atoms. The molecule has 4 atom stereocenters. The van der Waals surface area contributed by atoms with E-state index in [1.165, 1.54) is 18.0 Å². The molecule has 360 valence electrons. The van der Waals surface area contributed by atoms with Crippen LogP contribution in [-0.2, 0) is 31.0 Å². The molecule has 17 nitrogen and oxygen atoms in total. The third-order valence-corrected chi connectivity index (χ3v) is 12.0. The van der Waals surface area contributed by atoms with Crippen LogP contribution < -0.4 is 32.0 Å². The monoisotopic (exact) mass is 930 g/mol. The van der Waals surface area contributed by atoms with Gasteiger partial charge in [0.2, 0.25) is 11.8 Å². The number of amides is 2. The van der Waals surface area contributed by atoms with Crippen molar-refractivity contribution < 1.29 is 38.4 Å². The molecule has 0 radical (unpaired) electrons. The molecule has 0 aliphatic carbocycles. The van der Waals surface area contributed by atoms with Gasteiger partial charge in [-0.1, -0.05) is 64.1 Å². The van der Waals surface area contributed by atoms with Crippen molar-refractivity contribution in [2.75, 3.05) is 39.9 Å². The lowest BCUT2D eigenvalue weighted by atomic mass is 9.86. The van der Waals surface area contributed by atoms with E-state index in [1.54, 1.807) is 62.4 Å². The zero-order valence-electron chi connectivity index (χ0n) is 39.6. The lowest BCUT2D eigenvalue weighted by Gasteiger charge is -2.32. The van der Waals surface area contributed by atoms with Crippen LogP contribution in [0.5, 0.6) is 11.5 Å². The van der Waals surface area contributed by atoms with E-state index in [1.807, 2.05) is 18.2 Å². The number of nitriles is 1. The fraction of sp³-hybridized carbons (Fsp3) is 0.431. The van der Waals surface area contributed by atoms with Crippen molar-refractivity contribution in [3.05, 3.63) is 105 Å². The number of hydrogen-bond donors (Lipinski definition) is 4. The van der Waals surface area contributed by atoms with Gasteiger partial charge in [-0.3, -0.25) is 34.1 Å². The molecule has 4 bridgehead atoms. The van der Waals surface area contributed by atoms with Crippen molar-refractivity contribution in [3.8, 4) is 40.0 Å². The first-order valence-corrected chi connectivity index (χ1v) is 22.8. The van der Waals surface area contributed by atoms with Crippen molar-refractivity contribution in [1.82, 2.24) is 15.2 Å². The lowest BCUT2D eigenvalue weighted by Crippen LogP contribution is -2.46. The molecule has 0 unspecified atom stereocenters. The summed E-state index contributed by atoms with van der Waals surface area (Å²) in [4.78, 5) is 88.8. The Morgan fingerprint density at radius 1 is 0.941 bits per heavy atom. The number of hydrogen-bond acceptors (Lipinski definition) is 14. The van der Waals surface area contributed by atoms with Gasteiger partial charge < -0.3 is 36.9 Å². The molecular weight excluding hydrogens is 869 g/mol. The number of carbonyl (C=O) groups excluding carboxylic acids is 5. The van der Waals surface area contributed by atoms with Crippen molar-refractivity contribution >= 4 is 34.9 Å². The number of rotatable bonds is 18. The van der Waals surface area contributed by atoms with Crippen LogP contribution in [0.25, 0.3) is 22.4 Å². The first-order chi connectivity index (χ1) is 32.3. The SMILES string of the molecule is Cc1nc(-c2ccc(C(C)(C)C)cc2)c([N+](=O)[O-])cc1C(=O)C[C@@H](CCN)C(=O)N(C)[C@@H]1C(=O)C[C@@H](C)C(=O)N[C@H](C(=O)CCC#N)Cc2ccc(OCCN)c(c2)-c2cc1ccc2OCCN. The zero-order valence-corrected chi connectivity index (χ0v) is 39.6. The molecule has 2 heterocycles. The van der Waals surface area contributed by atoms with Crippen molar-refractivity contribution in [1.29, 1.82) is 5.26 Å². The standard InChI is InChI=1S/C51H62N8O9/c1-30-24-44(62)48(58(6)50(64)35(17-19-53)28-43(61)37-29-41(59(65)66)47(56-31(37)2)33-10-13-36(14-11-33)51(3,4)5)34-12-16-46(68-23-21-55)39(27-34)38-25-32(9-15-45(38)67-22-20-54)26-40(57-49(30)63)42(60)8-7-18-52/h9-16,25,27,29-30,35,40,48H,7-8,17,19-24,26,28,53-55H2,1-6H3,(H,57,63)/t30-,35-,40+,48+/m1/s1. The quantitative estimate of drug-likeness (QED) is 0.0518. The van der Waals surface area contributed by atoms with Gasteiger partial charge in [0, 0.05) is 91.7 Å². The number of benzene rings is 3. The minimum Gasteiger partial charge on any atom is -0.492 e. The first kappa shape index (κ1) is 52.1. The minimum absolute atomic E-state index is 0.0122. The van der Waals surface area contributed by atoms with Gasteiger partial charge in [0.1, 0.15) is 36.4 Å². The van der Waals surface area contributed by atoms with Crippen LogP contribution in [0.3, 0.4) is 0 Å². The number of pyridine rings is 1. The number of ketones is 3. The summed E-state index contributed by atoms with van der Waals surface area (Å²) < 4.78 is 12.2. The van der Waals surface area contributed by atoms with Gasteiger partial charge in [-0.25, -0.2) is 4.98 Å². The van der Waals surface area contributed by atoms with E-state index in [9.17, 15) is 39.3 Å². The Labute approximate surface area is 396 Å². The summed E-state index contributed by atoms with van der Waals surface area (Å²) >= 11 is 0. The summed E-state index contributed by atoms with van der Waals surface area (Å²) in [6, 6.07) is 18.4. The number of Topliss-reactive ketones (excluding diaryl/α,β-unsaturated/α-hetero) is 3. The summed E-state index contributed by atoms with van der Waals surface area (Å²) in [5.41, 5.74) is 21.0. The fourth-order valence-corrected chi connectivity index (χ4v) is 8.33. The van der Waals surface area contributed by atoms with Crippen molar-refractivity contribution in [3.63, 3.8) is 0 Å². The van der Waals surface area contributed by atoms with Gasteiger partial charge >= 0.3 is 0 Å². The van der Waals surface area contributed by atoms with E-state index in [4.69, 9.17) is 26.7 Å². The highest BCUT2D eigenvalue weighted by Gasteiger charge is 2.37. The molecule has 0 saturated heterocycles. The summed E-state index contributed by atoms with van der Waals surface area (Å²) in [6.07, 6.45) is -0.839. The van der Waals surface area contributed by atoms with Gasteiger partial charge in [-0.05, 0) is 72.7 Å². The van der Waals surface area contributed by atoms with E-state index >= 15 is 0 Å². The molecule has 1 aromatic heterocycles. The summed E-state index contributed by atoms with van der Waals surface area (Å²) in [5.74, 6) is -3.94.